The number of hydrogen-bond acceptors (Lipinski definition) is 5. The second-order valence-corrected chi connectivity index (χ2v) is 5.11. The molecular weight excluding hydrogens is 257 g/mol. The normalized spacial score (nSPS) is 12.6. The van der Waals surface area contributed by atoms with E-state index in [1.54, 1.807) is 10.9 Å². The Balaban J connectivity index is 2.11. The maximum absolute atomic E-state index is 10.6. The molecule has 0 spiro atoms. The molecule has 2 heterocycles. The Morgan fingerprint density at radius 2 is 2.17 bits per heavy atom. The summed E-state index contributed by atoms with van der Waals surface area (Å²) in [5.41, 5.74) is 6.77. The molecule has 0 aliphatic rings. The van der Waals surface area contributed by atoms with Crippen molar-refractivity contribution in [3.8, 4) is 0 Å². The Morgan fingerprint density at radius 3 is 2.89 bits per heavy atom. The molecule has 0 radical (unpaired) electrons. The van der Waals surface area contributed by atoms with Gasteiger partial charge in [-0.15, -0.1) is 0 Å². The monoisotopic (exact) mass is 269 g/mol. The van der Waals surface area contributed by atoms with Crippen LogP contribution in [0.15, 0.2) is 24.5 Å². The Morgan fingerprint density at radius 1 is 1.39 bits per heavy atom. The summed E-state index contributed by atoms with van der Waals surface area (Å²) < 4.78 is 12.3. The van der Waals surface area contributed by atoms with Gasteiger partial charge < -0.3 is 20.1 Å². The van der Waals surface area contributed by atoms with Crippen molar-refractivity contribution in [2.24, 2.45) is 0 Å². The minimum absolute atomic E-state index is 0.310. The molecule has 2 aromatic heterocycles. The third-order valence-electron chi connectivity index (χ3n) is 2.27. The number of hydrogen-bond donors (Lipinski definition) is 3. The topological polar surface area (TPSA) is 127 Å². The molecular formula is C9H12N5O3P. The summed E-state index contributed by atoms with van der Waals surface area (Å²) in [4.78, 5) is 29.3. The largest absolute Gasteiger partial charge is 0.382 e. The second-order valence-electron chi connectivity index (χ2n) is 3.63. The zero-order chi connectivity index (χ0) is 13.2. The summed E-state index contributed by atoms with van der Waals surface area (Å²) in [5, 5.41) is 0. The molecule has 0 unspecified atom stereocenters. The number of nitrogen functional groups attached to an aromatic ring is 1. The van der Waals surface area contributed by atoms with Crippen LogP contribution >= 0.6 is 7.60 Å². The molecule has 4 N–H and O–H groups in total. The first kappa shape index (κ1) is 12.7. The molecule has 0 atom stereocenters. The third-order valence-corrected chi connectivity index (χ3v) is 2.87. The van der Waals surface area contributed by atoms with Crippen molar-refractivity contribution in [3.63, 3.8) is 0 Å². The summed E-state index contributed by atoms with van der Waals surface area (Å²) in [6.07, 6.45) is 4.81. The van der Waals surface area contributed by atoms with E-state index in [1.165, 1.54) is 12.4 Å². The van der Waals surface area contributed by atoms with Gasteiger partial charge in [0.1, 0.15) is 11.8 Å². The molecule has 0 saturated carbocycles. The molecule has 0 fully saturated rings. The average molecular weight is 269 g/mol. The zero-order valence-electron chi connectivity index (χ0n) is 9.34. The zero-order valence-corrected chi connectivity index (χ0v) is 10.2. The van der Waals surface area contributed by atoms with Gasteiger partial charge in [-0.05, 0) is 6.42 Å². The molecule has 9 heteroatoms. The van der Waals surface area contributed by atoms with Gasteiger partial charge in [0, 0.05) is 12.4 Å². The van der Waals surface area contributed by atoms with Crippen molar-refractivity contribution >= 4 is 24.6 Å². The molecule has 0 saturated heterocycles. The maximum atomic E-state index is 10.6. The van der Waals surface area contributed by atoms with E-state index in [-0.39, 0.29) is 0 Å². The van der Waals surface area contributed by atoms with Crippen molar-refractivity contribution < 1.29 is 14.4 Å². The molecule has 0 bridgehead atoms. The highest BCUT2D eigenvalue weighted by Crippen LogP contribution is 2.36. The fourth-order valence-electron chi connectivity index (χ4n) is 1.49. The minimum atomic E-state index is -4.08. The summed E-state index contributed by atoms with van der Waals surface area (Å²) in [7, 11) is -4.08. The number of nitrogens with two attached hydrogens (primary N) is 1. The van der Waals surface area contributed by atoms with Crippen LogP contribution in [0.1, 0.15) is 6.42 Å². The molecule has 8 nitrogen and oxygen atoms in total. The molecule has 0 aromatic carbocycles. The van der Waals surface area contributed by atoms with E-state index < -0.39 is 7.60 Å². The summed E-state index contributed by atoms with van der Waals surface area (Å²) in [6.45, 7) is 0.503. The number of nitrogens with zero attached hydrogens (tertiary/aromatic N) is 4. The molecule has 0 aliphatic heterocycles. The second kappa shape index (κ2) is 4.85. The number of imidazole rings is 1. The molecule has 2 rings (SSSR count). The van der Waals surface area contributed by atoms with Gasteiger partial charge in [-0.1, -0.05) is 6.08 Å². The highest BCUT2D eigenvalue weighted by atomic mass is 31.2. The summed E-state index contributed by atoms with van der Waals surface area (Å²) in [6, 6.07) is 0. The standard InChI is InChI=1S/C9H12N5O3P/c10-8-7-9(12-5-11-8)14(6-13-7)3-1-2-4-18(15,16)17/h2,4-6H,1,3H2,(H2,10,11,12)(H2,15,16,17)/b4-2-. The third kappa shape index (κ3) is 2.92. The number of anilines is 1. The Bertz CT molecular complexity index is 632. The van der Waals surface area contributed by atoms with E-state index in [0.717, 1.165) is 5.82 Å². The fraction of sp³-hybridized carbons (Fsp3) is 0.222. The number of rotatable bonds is 4. The fourth-order valence-corrected chi connectivity index (χ4v) is 1.91. The van der Waals surface area contributed by atoms with Crippen molar-refractivity contribution in [1.82, 2.24) is 19.5 Å². The summed E-state index contributed by atoms with van der Waals surface area (Å²) >= 11 is 0. The maximum Gasteiger partial charge on any atom is 0.348 e. The number of allylic oxidation sites excluding steroid dienone is 1. The van der Waals surface area contributed by atoms with Crippen molar-refractivity contribution in [2.75, 3.05) is 5.73 Å². The molecule has 0 amide bonds. The lowest BCUT2D eigenvalue weighted by molar-refractivity contribution is 0.386. The van der Waals surface area contributed by atoms with E-state index in [0.29, 0.717) is 29.9 Å². The van der Waals surface area contributed by atoms with Crippen LogP contribution in [-0.4, -0.2) is 29.3 Å². The van der Waals surface area contributed by atoms with Crippen LogP contribution in [0.4, 0.5) is 5.82 Å². The van der Waals surface area contributed by atoms with E-state index in [4.69, 9.17) is 15.5 Å². The van der Waals surface area contributed by atoms with Gasteiger partial charge in [-0.2, -0.15) is 0 Å². The Kier molecular flexibility index (Phi) is 3.42. The van der Waals surface area contributed by atoms with Crippen molar-refractivity contribution in [3.05, 3.63) is 24.5 Å². The van der Waals surface area contributed by atoms with Crippen LogP contribution in [0.2, 0.25) is 0 Å². The first-order chi connectivity index (χ1) is 8.47. The predicted octanol–water partition coefficient (Wildman–Crippen LogP) is 0.490. The highest BCUT2D eigenvalue weighted by molar-refractivity contribution is 7.55. The highest BCUT2D eigenvalue weighted by Gasteiger charge is 2.07. The lowest BCUT2D eigenvalue weighted by atomic mass is 10.4. The Labute approximate surface area is 102 Å². The van der Waals surface area contributed by atoms with Crippen LogP contribution in [0.25, 0.3) is 11.2 Å². The van der Waals surface area contributed by atoms with Gasteiger partial charge in [0.2, 0.25) is 0 Å². The van der Waals surface area contributed by atoms with E-state index in [9.17, 15) is 4.57 Å². The smallest absolute Gasteiger partial charge is 0.348 e. The predicted molar refractivity (Wildman–Crippen MR) is 65.5 cm³/mol. The SMILES string of the molecule is Nc1ncnc2c1ncn2CC/C=C\P(=O)(O)O. The quantitative estimate of drug-likeness (QED) is 0.689. The van der Waals surface area contributed by atoms with Gasteiger partial charge in [0.25, 0.3) is 0 Å². The van der Waals surface area contributed by atoms with Crippen molar-refractivity contribution in [2.45, 2.75) is 13.0 Å². The summed E-state index contributed by atoms with van der Waals surface area (Å²) in [5.74, 6) is 1.19. The van der Waals surface area contributed by atoms with E-state index in [1.807, 2.05) is 0 Å². The van der Waals surface area contributed by atoms with Crippen LogP contribution < -0.4 is 5.73 Å². The lowest BCUT2D eigenvalue weighted by Crippen LogP contribution is -1.98. The average Bonchev–Trinajstić information content (AvgIpc) is 2.68. The Hall–Kier alpha value is -1.76. The van der Waals surface area contributed by atoms with Crippen LogP contribution in [0.5, 0.6) is 0 Å². The first-order valence-electron chi connectivity index (χ1n) is 5.11. The van der Waals surface area contributed by atoms with Gasteiger partial charge >= 0.3 is 7.60 Å². The number of aryl methyl sites for hydroxylation is 1. The molecule has 2 aromatic rings. The minimum Gasteiger partial charge on any atom is -0.382 e. The van der Waals surface area contributed by atoms with Crippen LogP contribution in [0.3, 0.4) is 0 Å². The van der Waals surface area contributed by atoms with Crippen LogP contribution in [-0.2, 0) is 11.1 Å². The number of fused-ring (bicyclic) bond motifs is 1. The van der Waals surface area contributed by atoms with Gasteiger partial charge in [0.05, 0.1) is 6.33 Å². The molecule has 18 heavy (non-hydrogen) atoms. The molecule has 0 aliphatic carbocycles. The molecule has 96 valence electrons. The first-order valence-corrected chi connectivity index (χ1v) is 6.80. The van der Waals surface area contributed by atoms with Crippen molar-refractivity contribution in [1.29, 1.82) is 0 Å². The van der Waals surface area contributed by atoms with Gasteiger partial charge in [-0.25, -0.2) is 15.0 Å². The van der Waals surface area contributed by atoms with Gasteiger partial charge in [-0.3, -0.25) is 4.57 Å². The number of aromatic nitrogens is 4. The van der Waals surface area contributed by atoms with Gasteiger partial charge in [0.15, 0.2) is 11.5 Å². The van der Waals surface area contributed by atoms with E-state index in [2.05, 4.69) is 15.0 Å². The van der Waals surface area contributed by atoms with E-state index >= 15 is 0 Å². The van der Waals surface area contributed by atoms with Crippen LogP contribution in [0, 0.1) is 0 Å². The lowest BCUT2D eigenvalue weighted by Gasteiger charge is -2.01.